The van der Waals surface area contributed by atoms with E-state index < -0.39 is 4.92 Å². The molecule has 8 nitrogen and oxygen atoms in total. The summed E-state index contributed by atoms with van der Waals surface area (Å²) in [7, 11) is 0. The Kier molecular flexibility index (Phi) is 5.97. The Hall–Kier alpha value is -3.04. The molecule has 0 amide bonds. The van der Waals surface area contributed by atoms with E-state index in [1.807, 2.05) is 6.07 Å². The number of aromatic nitrogens is 2. The zero-order valence-corrected chi connectivity index (χ0v) is 16.6. The molecule has 0 atom stereocenters. The van der Waals surface area contributed by atoms with Crippen molar-refractivity contribution >= 4 is 23.2 Å². The molecular formula is C20H21N5O3S. The first kappa shape index (κ1) is 19.3. The first-order valence-electron chi connectivity index (χ1n) is 9.39. The summed E-state index contributed by atoms with van der Waals surface area (Å²) in [5, 5.41) is 10.8. The number of hydrogen-bond acceptors (Lipinski definition) is 8. The van der Waals surface area contributed by atoms with Crippen molar-refractivity contribution in [3.63, 3.8) is 0 Å². The Morgan fingerprint density at radius 1 is 0.966 bits per heavy atom. The Morgan fingerprint density at radius 2 is 1.69 bits per heavy atom. The van der Waals surface area contributed by atoms with Crippen LogP contribution >= 0.6 is 11.7 Å². The van der Waals surface area contributed by atoms with Gasteiger partial charge in [0.2, 0.25) is 5.82 Å². The van der Waals surface area contributed by atoms with E-state index in [0.29, 0.717) is 12.5 Å². The fourth-order valence-corrected chi connectivity index (χ4v) is 3.81. The molecule has 0 spiro atoms. The van der Waals surface area contributed by atoms with E-state index in [4.69, 9.17) is 4.74 Å². The maximum Gasteiger partial charge on any atom is 0.271 e. The summed E-state index contributed by atoms with van der Waals surface area (Å²) in [6.07, 6.45) is 0. The van der Waals surface area contributed by atoms with Crippen LogP contribution in [0.3, 0.4) is 0 Å². The van der Waals surface area contributed by atoms with Crippen LogP contribution in [0, 0.1) is 10.1 Å². The summed E-state index contributed by atoms with van der Waals surface area (Å²) in [5.41, 5.74) is 2.24. The molecule has 1 aliphatic heterocycles. The van der Waals surface area contributed by atoms with Crippen LogP contribution in [0.25, 0.3) is 0 Å². The lowest BCUT2D eigenvalue weighted by Gasteiger charge is -2.34. The monoisotopic (exact) mass is 411 g/mol. The molecule has 2 heterocycles. The Morgan fingerprint density at radius 3 is 2.38 bits per heavy atom. The van der Waals surface area contributed by atoms with E-state index in [0.717, 1.165) is 55.8 Å². The molecule has 1 aromatic heterocycles. The predicted octanol–water partition coefficient (Wildman–Crippen LogP) is 3.35. The van der Waals surface area contributed by atoms with Gasteiger partial charge in [-0.3, -0.25) is 15.0 Å². The van der Waals surface area contributed by atoms with Crippen LogP contribution in [0.15, 0.2) is 54.6 Å². The Balaban J connectivity index is 1.32. The first-order valence-corrected chi connectivity index (χ1v) is 10.1. The fourth-order valence-electron chi connectivity index (χ4n) is 3.28. The zero-order chi connectivity index (χ0) is 20.1. The summed E-state index contributed by atoms with van der Waals surface area (Å²) in [5.74, 6) is 1.29. The smallest absolute Gasteiger partial charge is 0.271 e. The number of piperazine rings is 1. The normalized spacial score (nSPS) is 14.7. The molecule has 150 valence electrons. The number of nitro benzene ring substituents is 1. The lowest BCUT2D eigenvalue weighted by molar-refractivity contribution is -0.384. The first-order chi connectivity index (χ1) is 14.2. The molecular weight excluding hydrogens is 390 g/mol. The number of non-ortho nitro benzene ring substituents is 1. The van der Waals surface area contributed by atoms with Crippen LogP contribution in [-0.4, -0.2) is 44.7 Å². The SMILES string of the molecule is O=[N+]([O-])c1ccc(COc2nsnc2N2CCN(Cc3ccccc3)CC2)cc1. The van der Waals surface area contributed by atoms with Crippen LogP contribution in [0.1, 0.15) is 11.1 Å². The van der Waals surface area contributed by atoms with Crippen molar-refractivity contribution in [1.29, 1.82) is 0 Å². The van der Waals surface area contributed by atoms with Gasteiger partial charge in [0.1, 0.15) is 6.61 Å². The van der Waals surface area contributed by atoms with Crippen LogP contribution in [-0.2, 0) is 13.2 Å². The summed E-state index contributed by atoms with van der Waals surface area (Å²) in [6, 6.07) is 16.8. The lowest BCUT2D eigenvalue weighted by atomic mass is 10.2. The molecule has 0 aliphatic carbocycles. The van der Waals surface area contributed by atoms with Gasteiger partial charge in [0.25, 0.3) is 11.6 Å². The van der Waals surface area contributed by atoms with Crippen LogP contribution < -0.4 is 9.64 Å². The van der Waals surface area contributed by atoms with E-state index in [1.165, 1.54) is 17.7 Å². The molecule has 1 aliphatic rings. The van der Waals surface area contributed by atoms with E-state index in [2.05, 4.69) is 42.8 Å². The average Bonchev–Trinajstić information content (AvgIpc) is 3.22. The van der Waals surface area contributed by atoms with Crippen LogP contribution in [0.2, 0.25) is 0 Å². The molecule has 0 saturated carbocycles. The van der Waals surface area contributed by atoms with Crippen molar-refractivity contribution in [3.8, 4) is 5.88 Å². The molecule has 4 rings (SSSR count). The minimum absolute atomic E-state index is 0.0677. The predicted molar refractivity (Wildman–Crippen MR) is 111 cm³/mol. The van der Waals surface area contributed by atoms with E-state index >= 15 is 0 Å². The van der Waals surface area contributed by atoms with Crippen LogP contribution in [0.4, 0.5) is 11.5 Å². The highest BCUT2D eigenvalue weighted by Crippen LogP contribution is 2.27. The van der Waals surface area contributed by atoms with Crippen molar-refractivity contribution in [3.05, 3.63) is 75.8 Å². The largest absolute Gasteiger partial charge is 0.470 e. The van der Waals surface area contributed by atoms with Gasteiger partial charge in [-0.05, 0) is 23.3 Å². The molecule has 2 aromatic carbocycles. The third-order valence-corrected chi connectivity index (χ3v) is 5.39. The molecule has 0 bridgehead atoms. The molecule has 0 N–H and O–H groups in total. The topological polar surface area (TPSA) is 84.6 Å². The van der Waals surface area contributed by atoms with Crippen molar-refractivity contribution in [2.24, 2.45) is 0 Å². The second-order valence-electron chi connectivity index (χ2n) is 6.85. The Labute approximate surface area is 172 Å². The maximum atomic E-state index is 10.8. The molecule has 3 aromatic rings. The van der Waals surface area contributed by atoms with Gasteiger partial charge in [-0.15, -0.1) is 4.37 Å². The molecule has 29 heavy (non-hydrogen) atoms. The lowest BCUT2D eigenvalue weighted by Crippen LogP contribution is -2.46. The summed E-state index contributed by atoms with van der Waals surface area (Å²) in [4.78, 5) is 15.0. The second kappa shape index (κ2) is 8.97. The standard InChI is InChI=1S/C20H21N5O3S/c26-25(27)18-8-6-17(7-9-18)15-28-20-19(21-29-22-20)24-12-10-23(11-13-24)14-16-4-2-1-3-5-16/h1-9H,10-15H2. The number of rotatable bonds is 7. The van der Waals surface area contributed by atoms with Gasteiger partial charge in [0.15, 0.2) is 0 Å². The van der Waals surface area contributed by atoms with Gasteiger partial charge >= 0.3 is 0 Å². The number of benzene rings is 2. The van der Waals surface area contributed by atoms with Gasteiger partial charge in [-0.2, -0.15) is 4.37 Å². The van der Waals surface area contributed by atoms with Gasteiger partial charge in [0, 0.05) is 44.9 Å². The van der Waals surface area contributed by atoms with Gasteiger partial charge in [-0.1, -0.05) is 30.3 Å². The van der Waals surface area contributed by atoms with Gasteiger partial charge in [-0.25, -0.2) is 0 Å². The number of anilines is 1. The minimum atomic E-state index is -0.412. The highest BCUT2D eigenvalue weighted by Gasteiger charge is 2.23. The summed E-state index contributed by atoms with van der Waals surface area (Å²) >= 11 is 1.14. The highest BCUT2D eigenvalue weighted by atomic mass is 32.1. The van der Waals surface area contributed by atoms with Crippen molar-refractivity contribution < 1.29 is 9.66 Å². The summed E-state index contributed by atoms with van der Waals surface area (Å²) in [6.45, 7) is 4.89. The van der Waals surface area contributed by atoms with Crippen molar-refractivity contribution in [1.82, 2.24) is 13.6 Å². The number of hydrogen-bond donors (Lipinski definition) is 0. The average molecular weight is 411 g/mol. The molecule has 9 heteroatoms. The molecule has 0 radical (unpaired) electrons. The maximum absolute atomic E-state index is 10.8. The third kappa shape index (κ3) is 4.87. The number of nitro groups is 1. The van der Waals surface area contributed by atoms with Crippen molar-refractivity contribution in [2.45, 2.75) is 13.2 Å². The zero-order valence-electron chi connectivity index (χ0n) is 15.8. The quantitative estimate of drug-likeness (QED) is 0.435. The van der Waals surface area contributed by atoms with Gasteiger partial charge in [0.05, 0.1) is 16.7 Å². The molecule has 1 saturated heterocycles. The molecule has 0 unspecified atom stereocenters. The number of ether oxygens (including phenoxy) is 1. The fraction of sp³-hybridized carbons (Fsp3) is 0.300. The van der Waals surface area contributed by atoms with Crippen molar-refractivity contribution in [2.75, 3.05) is 31.1 Å². The third-order valence-electron chi connectivity index (χ3n) is 4.89. The Bertz CT molecular complexity index is 940. The van der Waals surface area contributed by atoms with E-state index in [1.54, 1.807) is 12.1 Å². The summed E-state index contributed by atoms with van der Waals surface area (Å²) < 4.78 is 14.6. The van der Waals surface area contributed by atoms with Gasteiger partial charge < -0.3 is 9.64 Å². The van der Waals surface area contributed by atoms with Crippen LogP contribution in [0.5, 0.6) is 5.88 Å². The minimum Gasteiger partial charge on any atom is -0.470 e. The second-order valence-corrected chi connectivity index (χ2v) is 7.38. The van der Waals surface area contributed by atoms with E-state index in [-0.39, 0.29) is 5.69 Å². The highest BCUT2D eigenvalue weighted by molar-refractivity contribution is 6.99. The molecule has 1 fully saturated rings. The number of nitrogens with zero attached hydrogens (tertiary/aromatic N) is 5. The van der Waals surface area contributed by atoms with E-state index in [9.17, 15) is 10.1 Å².